The summed E-state index contributed by atoms with van der Waals surface area (Å²) in [4.78, 5) is 22.6. The predicted octanol–water partition coefficient (Wildman–Crippen LogP) is 0.599. The van der Waals surface area contributed by atoms with Gasteiger partial charge in [-0.1, -0.05) is 0 Å². The van der Waals surface area contributed by atoms with Gasteiger partial charge in [-0.05, 0) is 30.7 Å². The number of rotatable bonds is 5. The van der Waals surface area contributed by atoms with Crippen molar-refractivity contribution in [2.24, 2.45) is 0 Å². The van der Waals surface area contributed by atoms with Gasteiger partial charge in [-0.15, -0.1) is 0 Å². The number of amides is 2. The minimum Gasteiger partial charge on any atom is -0.492 e. The minimum atomic E-state index is -0.432. The molecule has 0 aliphatic carbocycles. The number of ether oxygens (including phenoxy) is 1. The van der Waals surface area contributed by atoms with E-state index in [-0.39, 0.29) is 24.2 Å². The van der Waals surface area contributed by atoms with E-state index in [0.29, 0.717) is 25.1 Å². The predicted molar refractivity (Wildman–Crippen MR) is 66.1 cm³/mol. The lowest BCUT2D eigenvalue weighted by atomic mass is 10.2. The Kier molecular flexibility index (Phi) is 4.33. The molecule has 1 atom stereocenters. The Bertz CT molecular complexity index is 461. The second-order valence-corrected chi connectivity index (χ2v) is 4.25. The maximum absolute atomic E-state index is 12.6. The molecule has 0 saturated carbocycles. The SMILES string of the molecule is O=C1CCC(C(=O)NCCOc2ccc(F)cc2)N1. The molecule has 19 heavy (non-hydrogen) atoms. The third-order valence-electron chi connectivity index (χ3n) is 2.80. The van der Waals surface area contributed by atoms with Crippen LogP contribution in [0.1, 0.15) is 12.8 Å². The molecule has 2 amide bonds. The fraction of sp³-hybridized carbons (Fsp3) is 0.385. The van der Waals surface area contributed by atoms with Crippen LogP contribution in [-0.2, 0) is 9.59 Å². The van der Waals surface area contributed by atoms with Crippen LogP contribution in [-0.4, -0.2) is 31.0 Å². The maximum Gasteiger partial charge on any atom is 0.242 e. The van der Waals surface area contributed by atoms with Crippen LogP contribution in [0.3, 0.4) is 0 Å². The van der Waals surface area contributed by atoms with E-state index in [1.54, 1.807) is 0 Å². The van der Waals surface area contributed by atoms with E-state index in [4.69, 9.17) is 4.74 Å². The lowest BCUT2D eigenvalue weighted by Crippen LogP contribution is -2.42. The Hall–Kier alpha value is -2.11. The molecule has 1 aromatic carbocycles. The summed E-state index contributed by atoms with van der Waals surface area (Å²) >= 11 is 0. The fourth-order valence-corrected chi connectivity index (χ4v) is 1.81. The highest BCUT2D eigenvalue weighted by molar-refractivity contribution is 5.90. The number of benzene rings is 1. The van der Waals surface area contributed by atoms with Gasteiger partial charge in [-0.3, -0.25) is 9.59 Å². The van der Waals surface area contributed by atoms with Crippen LogP contribution >= 0.6 is 0 Å². The molecule has 1 fully saturated rings. The second-order valence-electron chi connectivity index (χ2n) is 4.25. The molecule has 1 aliphatic heterocycles. The third kappa shape index (κ3) is 3.94. The van der Waals surface area contributed by atoms with Crippen molar-refractivity contribution >= 4 is 11.8 Å². The molecule has 2 N–H and O–H groups in total. The Labute approximate surface area is 110 Å². The van der Waals surface area contributed by atoms with Gasteiger partial charge in [0.2, 0.25) is 11.8 Å². The lowest BCUT2D eigenvalue weighted by Gasteiger charge is -2.11. The third-order valence-corrected chi connectivity index (χ3v) is 2.80. The normalized spacial score (nSPS) is 17.9. The van der Waals surface area contributed by atoms with E-state index >= 15 is 0 Å². The molecule has 5 nitrogen and oxygen atoms in total. The van der Waals surface area contributed by atoms with Crippen molar-refractivity contribution in [3.8, 4) is 5.75 Å². The minimum absolute atomic E-state index is 0.0947. The molecule has 6 heteroatoms. The standard InChI is InChI=1S/C13H15FN2O3/c14-9-1-3-10(4-2-9)19-8-7-15-13(18)11-5-6-12(17)16-11/h1-4,11H,5-8H2,(H,15,18)(H,16,17). The van der Waals surface area contributed by atoms with Gasteiger partial charge in [-0.2, -0.15) is 0 Å². The first-order chi connectivity index (χ1) is 9.15. The highest BCUT2D eigenvalue weighted by Crippen LogP contribution is 2.10. The Morgan fingerprint density at radius 2 is 2.16 bits per heavy atom. The highest BCUT2D eigenvalue weighted by atomic mass is 19.1. The summed E-state index contributed by atoms with van der Waals surface area (Å²) in [7, 11) is 0. The molecule has 1 heterocycles. The molecular weight excluding hydrogens is 251 g/mol. The van der Waals surface area contributed by atoms with Crippen LogP contribution in [0.4, 0.5) is 4.39 Å². The Morgan fingerprint density at radius 3 is 2.79 bits per heavy atom. The van der Waals surface area contributed by atoms with Gasteiger partial charge in [0.1, 0.15) is 24.2 Å². The van der Waals surface area contributed by atoms with Crippen LogP contribution in [0.2, 0.25) is 0 Å². The van der Waals surface area contributed by atoms with Crippen LogP contribution in [0, 0.1) is 5.82 Å². The first-order valence-corrected chi connectivity index (χ1v) is 6.10. The Balaban J connectivity index is 1.65. The largest absolute Gasteiger partial charge is 0.492 e. The smallest absolute Gasteiger partial charge is 0.242 e. The zero-order valence-corrected chi connectivity index (χ0v) is 10.3. The van der Waals surface area contributed by atoms with Crippen molar-refractivity contribution in [3.63, 3.8) is 0 Å². The van der Waals surface area contributed by atoms with Gasteiger partial charge in [0.25, 0.3) is 0 Å². The maximum atomic E-state index is 12.6. The summed E-state index contributed by atoms with van der Waals surface area (Å²) in [5.41, 5.74) is 0. The van der Waals surface area contributed by atoms with Gasteiger partial charge in [-0.25, -0.2) is 4.39 Å². The van der Waals surface area contributed by atoms with E-state index in [2.05, 4.69) is 10.6 Å². The summed E-state index contributed by atoms with van der Waals surface area (Å²) in [5.74, 6) is -0.0706. The average molecular weight is 266 g/mol. The summed E-state index contributed by atoms with van der Waals surface area (Å²) in [5, 5.41) is 5.26. The average Bonchev–Trinajstić information content (AvgIpc) is 2.83. The molecule has 1 aromatic rings. The first kappa shape index (κ1) is 13.3. The number of hydrogen-bond donors (Lipinski definition) is 2. The van der Waals surface area contributed by atoms with E-state index < -0.39 is 6.04 Å². The number of carbonyl (C=O) groups is 2. The lowest BCUT2D eigenvalue weighted by molar-refractivity contribution is -0.125. The molecule has 1 aliphatic rings. The number of carbonyl (C=O) groups excluding carboxylic acids is 2. The summed E-state index contributed by atoms with van der Waals surface area (Å²) in [6.45, 7) is 0.626. The molecule has 0 aromatic heterocycles. The molecule has 0 spiro atoms. The van der Waals surface area contributed by atoms with Gasteiger partial charge in [0.15, 0.2) is 0 Å². The summed E-state index contributed by atoms with van der Waals surface area (Å²) in [6, 6.07) is 5.23. The van der Waals surface area contributed by atoms with Gasteiger partial charge in [0.05, 0.1) is 6.54 Å². The van der Waals surface area contributed by atoms with Crippen molar-refractivity contribution in [1.29, 1.82) is 0 Å². The fourth-order valence-electron chi connectivity index (χ4n) is 1.81. The molecule has 2 rings (SSSR count). The van der Waals surface area contributed by atoms with Crippen molar-refractivity contribution in [2.75, 3.05) is 13.2 Å². The molecule has 0 bridgehead atoms. The van der Waals surface area contributed by atoms with E-state index in [0.717, 1.165) is 0 Å². The second kappa shape index (κ2) is 6.17. The topological polar surface area (TPSA) is 67.4 Å². The van der Waals surface area contributed by atoms with Gasteiger partial charge in [0, 0.05) is 6.42 Å². The molecule has 1 saturated heterocycles. The number of halogens is 1. The van der Waals surface area contributed by atoms with E-state index in [1.807, 2.05) is 0 Å². The van der Waals surface area contributed by atoms with Gasteiger partial charge >= 0.3 is 0 Å². The van der Waals surface area contributed by atoms with Crippen molar-refractivity contribution in [1.82, 2.24) is 10.6 Å². The summed E-state index contributed by atoms with van der Waals surface area (Å²) in [6.07, 6.45) is 0.924. The highest BCUT2D eigenvalue weighted by Gasteiger charge is 2.26. The van der Waals surface area contributed by atoms with Crippen LogP contribution in [0.25, 0.3) is 0 Å². The van der Waals surface area contributed by atoms with Crippen LogP contribution in [0.5, 0.6) is 5.75 Å². The van der Waals surface area contributed by atoms with Crippen molar-refractivity contribution in [3.05, 3.63) is 30.1 Å². The Morgan fingerprint density at radius 1 is 1.42 bits per heavy atom. The zero-order valence-electron chi connectivity index (χ0n) is 10.3. The molecular formula is C13H15FN2O3. The summed E-state index contributed by atoms with van der Waals surface area (Å²) < 4.78 is 18.0. The van der Waals surface area contributed by atoms with Crippen molar-refractivity contribution in [2.45, 2.75) is 18.9 Å². The van der Waals surface area contributed by atoms with Crippen molar-refractivity contribution < 1.29 is 18.7 Å². The number of hydrogen-bond acceptors (Lipinski definition) is 3. The van der Waals surface area contributed by atoms with E-state index in [1.165, 1.54) is 24.3 Å². The molecule has 102 valence electrons. The quantitative estimate of drug-likeness (QED) is 0.767. The van der Waals surface area contributed by atoms with E-state index in [9.17, 15) is 14.0 Å². The van der Waals surface area contributed by atoms with Gasteiger partial charge < -0.3 is 15.4 Å². The molecule has 1 unspecified atom stereocenters. The molecule has 0 radical (unpaired) electrons. The monoisotopic (exact) mass is 266 g/mol. The number of nitrogens with one attached hydrogen (secondary N) is 2. The van der Waals surface area contributed by atoms with Crippen LogP contribution in [0.15, 0.2) is 24.3 Å². The first-order valence-electron chi connectivity index (χ1n) is 6.10. The zero-order chi connectivity index (χ0) is 13.7. The van der Waals surface area contributed by atoms with Crippen LogP contribution < -0.4 is 15.4 Å².